The van der Waals surface area contributed by atoms with Crippen LogP contribution in [-0.4, -0.2) is 0 Å². The summed E-state index contributed by atoms with van der Waals surface area (Å²) in [5.41, 5.74) is 9.56. The van der Waals surface area contributed by atoms with E-state index in [9.17, 15) is 0 Å². The first-order chi connectivity index (χ1) is 17.8. The highest BCUT2D eigenvalue weighted by Gasteiger charge is 2.16. The maximum Gasteiger partial charge on any atom is 0.0464 e. The molecule has 0 fully saturated rings. The van der Waals surface area contributed by atoms with Crippen molar-refractivity contribution in [3.8, 4) is 0 Å². The first-order valence-electron chi connectivity index (χ1n) is 12.7. The Morgan fingerprint density at radius 2 is 0.694 bits per heavy atom. The van der Waals surface area contributed by atoms with E-state index in [4.69, 9.17) is 0 Å². The summed E-state index contributed by atoms with van der Waals surface area (Å²) in [6.07, 6.45) is 2.02. The Hall–Kier alpha value is -4.30. The van der Waals surface area contributed by atoms with Crippen molar-refractivity contribution < 1.29 is 0 Å². The van der Waals surface area contributed by atoms with Crippen molar-refractivity contribution in [2.75, 3.05) is 9.80 Å². The minimum atomic E-state index is 1.01. The van der Waals surface area contributed by atoms with Crippen LogP contribution < -0.4 is 9.80 Å². The molecule has 0 bridgehead atoms. The summed E-state index contributed by atoms with van der Waals surface area (Å²) in [6, 6.07) is 47.7. The Bertz CT molecular complexity index is 1280. The van der Waals surface area contributed by atoms with Crippen molar-refractivity contribution in [1.29, 1.82) is 0 Å². The molecular weight excluding hydrogens is 436 g/mol. The molecular formula is C34H32N2. The average Bonchev–Trinajstić information content (AvgIpc) is 2.96. The summed E-state index contributed by atoms with van der Waals surface area (Å²) in [7, 11) is 0. The number of para-hydroxylation sites is 2. The lowest BCUT2D eigenvalue weighted by Crippen LogP contribution is -2.12. The van der Waals surface area contributed by atoms with Crippen LogP contribution in [0.25, 0.3) is 0 Å². The summed E-state index contributed by atoms with van der Waals surface area (Å²) in [4.78, 5) is 4.65. The molecule has 2 nitrogen and oxygen atoms in total. The van der Waals surface area contributed by atoms with Gasteiger partial charge in [0.05, 0.1) is 0 Å². The molecule has 0 N–H and O–H groups in total. The van der Waals surface area contributed by atoms with Crippen molar-refractivity contribution in [3.63, 3.8) is 0 Å². The zero-order valence-corrected chi connectivity index (χ0v) is 21.0. The average molecular weight is 469 g/mol. The summed E-state index contributed by atoms with van der Waals surface area (Å²) >= 11 is 0. The van der Waals surface area contributed by atoms with Gasteiger partial charge in [-0.1, -0.05) is 74.5 Å². The molecule has 178 valence electrons. The van der Waals surface area contributed by atoms with E-state index >= 15 is 0 Å². The lowest BCUT2D eigenvalue weighted by molar-refractivity contribution is 1.13. The van der Waals surface area contributed by atoms with Crippen LogP contribution in [0.1, 0.15) is 25.0 Å². The van der Waals surface area contributed by atoms with Gasteiger partial charge in [0.15, 0.2) is 0 Å². The Balaban J connectivity index is 1.58. The van der Waals surface area contributed by atoms with Crippen LogP contribution >= 0.6 is 0 Å². The molecule has 0 heterocycles. The third-order valence-corrected chi connectivity index (χ3v) is 6.55. The van der Waals surface area contributed by atoms with Crippen molar-refractivity contribution >= 4 is 34.1 Å². The SMILES string of the molecule is CCc1cccc(N(c2ccccc2)c2ccc(N(c3ccccc3)c3cccc(CC)c3)cc2)c1. The Morgan fingerprint density at radius 1 is 0.361 bits per heavy atom. The Labute approximate surface area is 215 Å². The fourth-order valence-electron chi connectivity index (χ4n) is 4.63. The summed E-state index contributed by atoms with van der Waals surface area (Å²) in [5, 5.41) is 0. The topological polar surface area (TPSA) is 6.48 Å². The highest BCUT2D eigenvalue weighted by molar-refractivity contribution is 5.81. The largest absolute Gasteiger partial charge is 0.310 e. The first-order valence-corrected chi connectivity index (χ1v) is 12.7. The Kier molecular flexibility index (Phi) is 7.14. The molecule has 0 atom stereocenters. The normalized spacial score (nSPS) is 10.7. The molecule has 0 radical (unpaired) electrons. The number of hydrogen-bond acceptors (Lipinski definition) is 2. The van der Waals surface area contributed by atoms with Gasteiger partial charge in [-0.3, -0.25) is 0 Å². The third-order valence-electron chi connectivity index (χ3n) is 6.55. The summed E-state index contributed by atoms with van der Waals surface area (Å²) in [6.45, 7) is 4.40. The second-order valence-corrected chi connectivity index (χ2v) is 8.91. The number of hydrogen-bond donors (Lipinski definition) is 0. The second-order valence-electron chi connectivity index (χ2n) is 8.91. The lowest BCUT2D eigenvalue weighted by Gasteiger charge is -2.28. The highest BCUT2D eigenvalue weighted by Crippen LogP contribution is 2.39. The van der Waals surface area contributed by atoms with E-state index in [0.29, 0.717) is 0 Å². The van der Waals surface area contributed by atoms with Crippen LogP contribution in [0.5, 0.6) is 0 Å². The van der Waals surface area contributed by atoms with Gasteiger partial charge in [-0.05, 0) is 96.8 Å². The van der Waals surface area contributed by atoms with Gasteiger partial charge in [0.1, 0.15) is 0 Å². The van der Waals surface area contributed by atoms with Crippen LogP contribution in [0.2, 0.25) is 0 Å². The lowest BCUT2D eigenvalue weighted by atomic mass is 10.1. The number of rotatable bonds is 8. The highest BCUT2D eigenvalue weighted by atomic mass is 15.2. The Morgan fingerprint density at radius 3 is 1.06 bits per heavy atom. The summed E-state index contributed by atoms with van der Waals surface area (Å²) in [5.74, 6) is 0. The van der Waals surface area contributed by atoms with Gasteiger partial charge in [0, 0.05) is 34.1 Å². The van der Waals surface area contributed by atoms with Crippen LogP contribution in [-0.2, 0) is 12.8 Å². The van der Waals surface area contributed by atoms with E-state index in [1.54, 1.807) is 0 Å². The molecule has 5 rings (SSSR count). The number of benzene rings is 5. The van der Waals surface area contributed by atoms with Crippen molar-refractivity contribution in [2.45, 2.75) is 26.7 Å². The minimum absolute atomic E-state index is 1.01. The van der Waals surface area contributed by atoms with E-state index in [-0.39, 0.29) is 0 Å². The molecule has 5 aromatic carbocycles. The monoisotopic (exact) mass is 468 g/mol. The number of aryl methyl sites for hydroxylation is 2. The molecule has 5 aromatic rings. The van der Waals surface area contributed by atoms with Crippen LogP contribution in [0.4, 0.5) is 34.1 Å². The maximum absolute atomic E-state index is 2.33. The van der Waals surface area contributed by atoms with Gasteiger partial charge >= 0.3 is 0 Å². The van der Waals surface area contributed by atoms with Gasteiger partial charge in [0.25, 0.3) is 0 Å². The predicted molar refractivity (Wildman–Crippen MR) is 155 cm³/mol. The van der Waals surface area contributed by atoms with Gasteiger partial charge in [-0.15, -0.1) is 0 Å². The van der Waals surface area contributed by atoms with Crippen molar-refractivity contribution in [1.82, 2.24) is 0 Å². The van der Waals surface area contributed by atoms with Crippen LogP contribution in [0.15, 0.2) is 133 Å². The molecule has 36 heavy (non-hydrogen) atoms. The maximum atomic E-state index is 2.33. The van der Waals surface area contributed by atoms with E-state index in [2.05, 4.69) is 157 Å². The molecule has 0 aliphatic rings. The molecule has 0 spiro atoms. The van der Waals surface area contributed by atoms with Crippen molar-refractivity contribution in [3.05, 3.63) is 145 Å². The van der Waals surface area contributed by atoms with Crippen molar-refractivity contribution in [2.24, 2.45) is 0 Å². The van der Waals surface area contributed by atoms with E-state index in [0.717, 1.165) is 35.6 Å². The standard InChI is InChI=1S/C34H32N2/c1-3-27-13-11-19-33(25-27)35(29-15-7-5-8-16-29)31-21-23-32(24-22-31)36(30-17-9-6-10-18-30)34-20-12-14-28(4-2)26-34/h5-26H,3-4H2,1-2H3. The van der Waals surface area contributed by atoms with Gasteiger partial charge in [-0.2, -0.15) is 0 Å². The van der Waals surface area contributed by atoms with Gasteiger partial charge < -0.3 is 9.80 Å². The smallest absolute Gasteiger partial charge is 0.0464 e. The zero-order chi connectivity index (χ0) is 24.7. The molecule has 0 unspecified atom stereocenters. The second kappa shape index (κ2) is 11.0. The van der Waals surface area contributed by atoms with Gasteiger partial charge in [0.2, 0.25) is 0 Å². The van der Waals surface area contributed by atoms with Gasteiger partial charge in [-0.25, -0.2) is 0 Å². The molecule has 0 saturated carbocycles. The van der Waals surface area contributed by atoms with Crippen LogP contribution in [0, 0.1) is 0 Å². The van der Waals surface area contributed by atoms with E-state index < -0.39 is 0 Å². The quantitative estimate of drug-likeness (QED) is 0.224. The van der Waals surface area contributed by atoms with E-state index in [1.807, 2.05) is 0 Å². The number of nitrogens with zero attached hydrogens (tertiary/aromatic N) is 2. The zero-order valence-electron chi connectivity index (χ0n) is 21.0. The molecule has 0 saturated heterocycles. The number of anilines is 6. The third kappa shape index (κ3) is 5.04. The minimum Gasteiger partial charge on any atom is -0.310 e. The fourth-order valence-corrected chi connectivity index (χ4v) is 4.63. The molecule has 0 aliphatic heterocycles. The molecule has 0 aliphatic carbocycles. The van der Waals surface area contributed by atoms with Crippen LogP contribution in [0.3, 0.4) is 0 Å². The molecule has 0 aromatic heterocycles. The first kappa shape index (κ1) is 23.4. The molecule has 0 amide bonds. The molecule has 2 heteroatoms. The summed E-state index contributed by atoms with van der Waals surface area (Å²) < 4.78 is 0. The predicted octanol–water partition coefficient (Wildman–Crippen LogP) is 9.75. The fraction of sp³-hybridized carbons (Fsp3) is 0.118. The van der Waals surface area contributed by atoms with E-state index in [1.165, 1.54) is 22.5 Å².